The number of H-pyrrole nitrogens is 1. The highest BCUT2D eigenvalue weighted by atomic mass is 79.9. The van der Waals surface area contributed by atoms with Crippen molar-refractivity contribution in [2.45, 2.75) is 12.5 Å². The molecule has 2 aliphatic rings. The summed E-state index contributed by atoms with van der Waals surface area (Å²) in [6, 6.07) is 0.494. The molecule has 2 unspecified atom stereocenters. The van der Waals surface area contributed by atoms with Gasteiger partial charge >= 0.3 is 0 Å². The Kier molecular flexibility index (Phi) is 2.70. The van der Waals surface area contributed by atoms with Gasteiger partial charge in [0.2, 0.25) is 0 Å². The van der Waals surface area contributed by atoms with Gasteiger partial charge in [0.25, 0.3) is 0 Å². The van der Waals surface area contributed by atoms with Crippen molar-refractivity contribution in [3.05, 3.63) is 17.4 Å². The summed E-state index contributed by atoms with van der Waals surface area (Å²) >= 11 is 3.48. The van der Waals surface area contributed by atoms with Crippen LogP contribution in [0.1, 0.15) is 6.42 Å². The number of aromatic amines is 1. The van der Waals surface area contributed by atoms with Gasteiger partial charge in [-0.15, -0.1) is 0 Å². The molecule has 1 radical (unpaired) electrons. The van der Waals surface area contributed by atoms with Gasteiger partial charge in [-0.1, -0.05) is 0 Å². The normalized spacial score (nSPS) is 24.1. The van der Waals surface area contributed by atoms with Crippen LogP contribution < -0.4 is 10.2 Å². The van der Waals surface area contributed by atoms with Crippen molar-refractivity contribution in [1.82, 2.24) is 25.5 Å². The van der Waals surface area contributed by atoms with E-state index in [0.717, 1.165) is 41.1 Å². The van der Waals surface area contributed by atoms with Gasteiger partial charge in [0.05, 0.1) is 5.39 Å². The molecule has 1 aliphatic carbocycles. The van der Waals surface area contributed by atoms with E-state index in [9.17, 15) is 0 Å². The topological polar surface area (TPSA) is 69.7 Å². The van der Waals surface area contributed by atoms with Crippen LogP contribution >= 0.6 is 15.9 Å². The third kappa shape index (κ3) is 1.92. The summed E-state index contributed by atoms with van der Waals surface area (Å²) in [4.78, 5) is 11.1. The quantitative estimate of drug-likeness (QED) is 0.867. The summed E-state index contributed by atoms with van der Waals surface area (Å²) in [6.07, 6.45) is 5.19. The molecule has 2 aromatic heterocycles. The molecule has 0 amide bonds. The van der Waals surface area contributed by atoms with Crippen LogP contribution in [-0.2, 0) is 0 Å². The first kappa shape index (κ1) is 11.6. The summed E-state index contributed by atoms with van der Waals surface area (Å²) < 4.78 is 0.787. The Morgan fingerprint density at radius 1 is 1.37 bits per heavy atom. The highest BCUT2D eigenvalue weighted by Gasteiger charge is 2.38. The average molecular weight is 322 g/mol. The lowest BCUT2D eigenvalue weighted by Gasteiger charge is -2.37. The molecule has 1 saturated carbocycles. The van der Waals surface area contributed by atoms with Gasteiger partial charge in [-0.25, -0.2) is 9.97 Å². The minimum atomic E-state index is 0.494. The molecule has 7 heteroatoms. The van der Waals surface area contributed by atoms with Gasteiger partial charge in [0.1, 0.15) is 16.7 Å². The maximum Gasteiger partial charge on any atom is 0.161 e. The van der Waals surface area contributed by atoms with E-state index in [1.165, 1.54) is 6.42 Å². The highest BCUT2D eigenvalue weighted by molar-refractivity contribution is 9.10. The molecule has 0 bridgehead atoms. The Labute approximate surface area is 119 Å². The molecule has 1 saturated heterocycles. The van der Waals surface area contributed by atoms with Crippen LogP contribution in [0.5, 0.6) is 0 Å². The van der Waals surface area contributed by atoms with Gasteiger partial charge in [0.15, 0.2) is 5.65 Å². The highest BCUT2D eigenvalue weighted by Crippen LogP contribution is 2.38. The second-order valence-corrected chi connectivity index (χ2v) is 5.79. The Hall–Kier alpha value is -1.21. The molecule has 0 spiro atoms. The molecule has 99 valence electrons. The predicted octanol–water partition coefficient (Wildman–Crippen LogP) is 1.12. The number of hydrogen-bond donors (Lipinski definition) is 2. The fourth-order valence-corrected chi connectivity index (χ4v) is 3.24. The lowest BCUT2D eigenvalue weighted by Crippen LogP contribution is -2.53. The minimum Gasteiger partial charge on any atom is -0.350 e. The van der Waals surface area contributed by atoms with Crippen molar-refractivity contribution in [3.63, 3.8) is 0 Å². The number of fused-ring (bicyclic) bond motifs is 1. The van der Waals surface area contributed by atoms with Crippen LogP contribution in [0.3, 0.4) is 0 Å². The smallest absolute Gasteiger partial charge is 0.161 e. The largest absolute Gasteiger partial charge is 0.350 e. The molecule has 4 rings (SSSR count). The van der Waals surface area contributed by atoms with E-state index in [-0.39, 0.29) is 0 Å². The summed E-state index contributed by atoms with van der Waals surface area (Å²) in [7, 11) is 0. The first-order chi connectivity index (χ1) is 9.34. The van der Waals surface area contributed by atoms with Crippen LogP contribution in [0.25, 0.3) is 11.0 Å². The molecular weight excluding hydrogens is 308 g/mol. The number of nitrogens with zero attached hydrogens (tertiary/aromatic N) is 4. The Balaban J connectivity index is 1.81. The van der Waals surface area contributed by atoms with Gasteiger partial charge in [0, 0.05) is 25.7 Å². The molecule has 0 aromatic carbocycles. The average Bonchev–Trinajstić information content (AvgIpc) is 3.23. The van der Waals surface area contributed by atoms with Crippen LogP contribution in [0.15, 0.2) is 10.9 Å². The van der Waals surface area contributed by atoms with Crippen molar-refractivity contribution < 1.29 is 0 Å². The molecule has 2 N–H and O–H groups in total. The molecule has 19 heavy (non-hydrogen) atoms. The number of anilines is 1. The van der Waals surface area contributed by atoms with Crippen LogP contribution in [0.2, 0.25) is 0 Å². The molecule has 1 aliphatic heterocycles. The molecular formula is C12H14BrN6. The number of piperazine rings is 1. The fourth-order valence-electron chi connectivity index (χ4n) is 2.79. The second-order valence-electron chi connectivity index (χ2n) is 5.04. The van der Waals surface area contributed by atoms with Crippen molar-refractivity contribution >= 4 is 32.8 Å². The predicted molar refractivity (Wildman–Crippen MR) is 75.8 cm³/mol. The monoisotopic (exact) mass is 321 g/mol. The summed E-state index contributed by atoms with van der Waals surface area (Å²) in [5.74, 6) is 1.67. The lowest BCUT2D eigenvalue weighted by atomic mass is 10.1. The Bertz CT molecular complexity index is 607. The molecule has 3 heterocycles. The molecule has 2 aromatic rings. The van der Waals surface area contributed by atoms with E-state index in [1.807, 2.05) is 0 Å². The fraction of sp³-hybridized carbons (Fsp3) is 0.500. The number of halogens is 1. The first-order valence-electron chi connectivity index (χ1n) is 6.50. The van der Waals surface area contributed by atoms with E-state index in [1.54, 1.807) is 6.33 Å². The van der Waals surface area contributed by atoms with E-state index < -0.39 is 0 Å². The van der Waals surface area contributed by atoms with E-state index in [0.29, 0.717) is 12.0 Å². The lowest BCUT2D eigenvalue weighted by molar-refractivity contribution is 0.445. The van der Waals surface area contributed by atoms with Gasteiger partial charge in [-0.3, -0.25) is 5.10 Å². The maximum absolute atomic E-state index is 4.51. The minimum absolute atomic E-state index is 0.494. The zero-order chi connectivity index (χ0) is 12.8. The number of hydrogen-bond acceptors (Lipinski definition) is 5. The zero-order valence-corrected chi connectivity index (χ0v) is 11.9. The molecule has 6 nitrogen and oxygen atoms in total. The van der Waals surface area contributed by atoms with Crippen molar-refractivity contribution in [2.75, 3.05) is 24.5 Å². The summed E-state index contributed by atoms with van der Waals surface area (Å²) in [5, 5.41) is 11.6. The zero-order valence-electron chi connectivity index (χ0n) is 10.3. The molecule has 2 atom stereocenters. The standard InChI is InChI=1S/C12H14BrN6/c13-10-9-11(18-17-10)15-6-16-12(9)19-4-3-14-5-8(19)7-1-2-7/h1,6-8,14H,2-5H2,(H,15,16,17,18). The van der Waals surface area contributed by atoms with Gasteiger partial charge in [-0.05, 0) is 34.7 Å². The van der Waals surface area contributed by atoms with Crippen LogP contribution in [-0.4, -0.2) is 45.8 Å². The maximum atomic E-state index is 4.51. The Morgan fingerprint density at radius 2 is 2.26 bits per heavy atom. The van der Waals surface area contributed by atoms with E-state index >= 15 is 0 Å². The van der Waals surface area contributed by atoms with Crippen LogP contribution in [0, 0.1) is 12.3 Å². The summed E-state index contributed by atoms with van der Waals surface area (Å²) in [6.45, 7) is 2.98. The van der Waals surface area contributed by atoms with E-state index in [4.69, 9.17) is 0 Å². The van der Waals surface area contributed by atoms with Gasteiger partial charge < -0.3 is 10.2 Å². The third-order valence-electron chi connectivity index (χ3n) is 3.85. The summed E-state index contributed by atoms with van der Waals surface area (Å²) in [5.41, 5.74) is 0.786. The van der Waals surface area contributed by atoms with E-state index in [2.05, 4.69) is 52.7 Å². The van der Waals surface area contributed by atoms with Crippen LogP contribution in [0.4, 0.5) is 5.82 Å². The second kappa shape index (κ2) is 4.42. The Morgan fingerprint density at radius 3 is 3.11 bits per heavy atom. The number of rotatable bonds is 2. The SMILES string of the molecule is Brc1n[nH]c2ncnc(N3CCNCC3C3[CH]C3)c12. The molecule has 2 fully saturated rings. The van der Waals surface area contributed by atoms with Crippen molar-refractivity contribution in [2.24, 2.45) is 5.92 Å². The number of aromatic nitrogens is 4. The number of nitrogens with one attached hydrogen (secondary N) is 2. The first-order valence-corrected chi connectivity index (χ1v) is 7.29. The third-order valence-corrected chi connectivity index (χ3v) is 4.42. The van der Waals surface area contributed by atoms with Crippen molar-refractivity contribution in [3.8, 4) is 0 Å². The van der Waals surface area contributed by atoms with Crippen molar-refractivity contribution in [1.29, 1.82) is 0 Å². The van der Waals surface area contributed by atoms with Gasteiger partial charge in [-0.2, -0.15) is 5.10 Å².